The van der Waals surface area contributed by atoms with Gasteiger partial charge in [-0.3, -0.25) is 4.79 Å². The first-order chi connectivity index (χ1) is 15.5. The molecule has 2 aliphatic rings. The van der Waals surface area contributed by atoms with Gasteiger partial charge in [0.25, 0.3) is 5.91 Å². The highest BCUT2D eigenvalue weighted by Gasteiger charge is 2.29. The molecule has 2 aromatic carbocycles. The molecule has 0 bridgehead atoms. The van der Waals surface area contributed by atoms with Gasteiger partial charge in [-0.2, -0.15) is 4.31 Å². The van der Waals surface area contributed by atoms with Gasteiger partial charge in [0.1, 0.15) is 16.4 Å². The van der Waals surface area contributed by atoms with E-state index in [1.807, 2.05) is 12.1 Å². The fourth-order valence-electron chi connectivity index (χ4n) is 4.10. The Hall–Kier alpha value is -2.62. The van der Waals surface area contributed by atoms with Crippen LogP contribution in [0.3, 0.4) is 0 Å². The molecule has 172 valence electrons. The molecule has 1 N–H and O–H groups in total. The first-order valence-corrected chi connectivity index (χ1v) is 12.2. The number of hydrogen-bond acceptors (Lipinski definition) is 6. The number of carbonyl (C=O) groups is 1. The smallest absolute Gasteiger partial charge is 0.262 e. The minimum Gasteiger partial charge on any atom is -0.495 e. The molecule has 1 heterocycles. The number of ether oxygens (including phenoxy) is 3. The first kappa shape index (κ1) is 22.6. The maximum Gasteiger partial charge on any atom is 0.262 e. The van der Waals surface area contributed by atoms with Crippen molar-refractivity contribution in [2.75, 3.05) is 45.3 Å². The van der Waals surface area contributed by atoms with Gasteiger partial charge in [-0.25, -0.2) is 8.42 Å². The van der Waals surface area contributed by atoms with Crippen LogP contribution >= 0.6 is 0 Å². The number of aryl methyl sites for hydroxylation is 1. The van der Waals surface area contributed by atoms with E-state index in [0.29, 0.717) is 18.9 Å². The molecule has 1 amide bonds. The standard InChI is InChI=1S/C23H28N2O6S/c1-29-21-10-9-18(15-22(21)32(27,28)25-11-13-30-14-12-25)24-23(26)16-31-20-8-4-6-17-5-2-3-7-19(17)20/h4,6,8-10,15H,2-3,5,7,11-14,16H2,1H3,(H,24,26). The topological polar surface area (TPSA) is 94.2 Å². The number of anilines is 1. The van der Waals surface area contributed by atoms with Crippen LogP contribution in [0, 0.1) is 0 Å². The van der Waals surface area contributed by atoms with E-state index in [1.54, 1.807) is 6.07 Å². The first-order valence-electron chi connectivity index (χ1n) is 10.8. The Kier molecular flexibility index (Phi) is 6.98. The molecular formula is C23H28N2O6S. The van der Waals surface area contributed by atoms with Gasteiger partial charge in [-0.1, -0.05) is 12.1 Å². The van der Waals surface area contributed by atoms with Crippen LogP contribution in [0.4, 0.5) is 5.69 Å². The molecule has 32 heavy (non-hydrogen) atoms. The lowest BCUT2D eigenvalue weighted by molar-refractivity contribution is -0.118. The molecule has 8 nitrogen and oxygen atoms in total. The average Bonchev–Trinajstić information content (AvgIpc) is 2.83. The molecule has 1 fully saturated rings. The van der Waals surface area contributed by atoms with E-state index < -0.39 is 10.0 Å². The van der Waals surface area contributed by atoms with Crippen LogP contribution in [-0.4, -0.2) is 58.7 Å². The quantitative estimate of drug-likeness (QED) is 0.683. The second-order valence-corrected chi connectivity index (χ2v) is 9.73. The summed E-state index contributed by atoms with van der Waals surface area (Å²) in [5.41, 5.74) is 2.82. The number of rotatable bonds is 7. The third-order valence-electron chi connectivity index (χ3n) is 5.75. The lowest BCUT2D eigenvalue weighted by Crippen LogP contribution is -2.40. The zero-order valence-corrected chi connectivity index (χ0v) is 18.9. The van der Waals surface area contributed by atoms with E-state index in [1.165, 1.54) is 41.1 Å². The van der Waals surface area contributed by atoms with Crippen LogP contribution in [0.25, 0.3) is 0 Å². The van der Waals surface area contributed by atoms with Gasteiger partial charge >= 0.3 is 0 Å². The summed E-state index contributed by atoms with van der Waals surface area (Å²) in [5, 5.41) is 2.73. The maximum atomic E-state index is 13.1. The summed E-state index contributed by atoms with van der Waals surface area (Å²) in [4.78, 5) is 12.5. The molecule has 9 heteroatoms. The van der Waals surface area contributed by atoms with Gasteiger partial charge in [-0.05, 0) is 61.1 Å². The van der Waals surface area contributed by atoms with Crippen molar-refractivity contribution in [1.82, 2.24) is 4.31 Å². The van der Waals surface area contributed by atoms with Gasteiger partial charge in [0, 0.05) is 18.8 Å². The number of sulfonamides is 1. The summed E-state index contributed by atoms with van der Waals surface area (Å²) in [5.74, 6) is 0.600. The number of amides is 1. The van der Waals surface area contributed by atoms with E-state index in [2.05, 4.69) is 11.4 Å². The molecule has 0 atom stereocenters. The fraction of sp³-hybridized carbons (Fsp3) is 0.435. The minimum atomic E-state index is -3.78. The van der Waals surface area contributed by atoms with Crippen molar-refractivity contribution in [3.8, 4) is 11.5 Å². The molecule has 0 radical (unpaired) electrons. The van der Waals surface area contributed by atoms with E-state index in [9.17, 15) is 13.2 Å². The molecule has 4 rings (SSSR count). The highest BCUT2D eigenvalue weighted by atomic mass is 32.2. The average molecular weight is 461 g/mol. The van der Waals surface area contributed by atoms with Crippen LogP contribution in [-0.2, 0) is 32.4 Å². The monoisotopic (exact) mass is 460 g/mol. The van der Waals surface area contributed by atoms with Crippen LogP contribution in [0.5, 0.6) is 11.5 Å². The Morgan fingerprint density at radius 3 is 2.66 bits per heavy atom. The Morgan fingerprint density at radius 2 is 1.88 bits per heavy atom. The number of morpholine rings is 1. The number of methoxy groups -OCH3 is 1. The lowest BCUT2D eigenvalue weighted by atomic mass is 9.91. The summed E-state index contributed by atoms with van der Waals surface area (Å²) < 4.78 is 43.9. The number of carbonyl (C=O) groups excluding carboxylic acids is 1. The van der Waals surface area contributed by atoms with E-state index >= 15 is 0 Å². The summed E-state index contributed by atoms with van der Waals surface area (Å²) in [6.45, 7) is 1.08. The predicted molar refractivity (Wildman–Crippen MR) is 120 cm³/mol. The van der Waals surface area contributed by atoms with Crippen molar-refractivity contribution < 1.29 is 27.4 Å². The van der Waals surface area contributed by atoms with Crippen molar-refractivity contribution in [2.24, 2.45) is 0 Å². The number of benzene rings is 2. The van der Waals surface area contributed by atoms with E-state index in [-0.39, 0.29) is 36.2 Å². The third kappa shape index (κ3) is 4.90. The highest BCUT2D eigenvalue weighted by molar-refractivity contribution is 7.89. The van der Waals surface area contributed by atoms with Gasteiger partial charge in [0.2, 0.25) is 10.0 Å². The molecule has 2 aromatic rings. The summed E-state index contributed by atoms with van der Waals surface area (Å²) in [7, 11) is -2.37. The van der Waals surface area contributed by atoms with Crippen molar-refractivity contribution in [3.05, 3.63) is 47.5 Å². The Morgan fingerprint density at radius 1 is 1.09 bits per heavy atom. The predicted octanol–water partition coefficient (Wildman–Crippen LogP) is 2.61. The summed E-state index contributed by atoms with van der Waals surface area (Å²) in [6.07, 6.45) is 4.27. The molecule has 0 aromatic heterocycles. The number of fused-ring (bicyclic) bond motifs is 1. The zero-order chi connectivity index (χ0) is 22.6. The second kappa shape index (κ2) is 9.89. The maximum absolute atomic E-state index is 13.1. The van der Waals surface area contributed by atoms with Gasteiger partial charge in [0.05, 0.1) is 20.3 Å². The zero-order valence-electron chi connectivity index (χ0n) is 18.1. The van der Waals surface area contributed by atoms with Gasteiger partial charge in [-0.15, -0.1) is 0 Å². The third-order valence-corrected chi connectivity index (χ3v) is 7.67. The second-order valence-electron chi connectivity index (χ2n) is 7.82. The Labute approximate surface area is 188 Å². The molecule has 1 aliphatic heterocycles. The van der Waals surface area contributed by atoms with Crippen molar-refractivity contribution >= 4 is 21.6 Å². The molecular weight excluding hydrogens is 432 g/mol. The van der Waals surface area contributed by atoms with Crippen LogP contribution in [0.15, 0.2) is 41.3 Å². The van der Waals surface area contributed by atoms with Crippen molar-refractivity contribution in [2.45, 2.75) is 30.6 Å². The minimum absolute atomic E-state index is 0.0118. The van der Waals surface area contributed by atoms with Gasteiger partial charge < -0.3 is 19.5 Å². The largest absolute Gasteiger partial charge is 0.495 e. The molecule has 1 aliphatic carbocycles. The Balaban J connectivity index is 1.46. The molecule has 0 unspecified atom stereocenters. The van der Waals surface area contributed by atoms with Crippen LogP contribution < -0.4 is 14.8 Å². The highest BCUT2D eigenvalue weighted by Crippen LogP contribution is 2.31. The van der Waals surface area contributed by atoms with Crippen LogP contribution in [0.1, 0.15) is 24.0 Å². The molecule has 0 saturated carbocycles. The van der Waals surface area contributed by atoms with Crippen molar-refractivity contribution in [3.63, 3.8) is 0 Å². The lowest BCUT2D eigenvalue weighted by Gasteiger charge is -2.26. The van der Waals surface area contributed by atoms with E-state index in [4.69, 9.17) is 14.2 Å². The Bertz CT molecular complexity index is 1080. The van der Waals surface area contributed by atoms with Crippen molar-refractivity contribution in [1.29, 1.82) is 0 Å². The summed E-state index contributed by atoms with van der Waals surface area (Å²) >= 11 is 0. The number of nitrogens with zero attached hydrogens (tertiary/aromatic N) is 1. The van der Waals surface area contributed by atoms with Gasteiger partial charge in [0.15, 0.2) is 6.61 Å². The number of hydrogen-bond donors (Lipinski definition) is 1. The fourth-order valence-corrected chi connectivity index (χ4v) is 5.69. The SMILES string of the molecule is COc1ccc(NC(=O)COc2cccc3c2CCCC3)cc1S(=O)(=O)N1CCOCC1. The van der Waals surface area contributed by atoms with E-state index in [0.717, 1.165) is 25.0 Å². The molecule has 0 spiro atoms. The summed E-state index contributed by atoms with van der Waals surface area (Å²) in [6, 6.07) is 10.5. The number of nitrogens with one attached hydrogen (secondary N) is 1. The molecule has 1 saturated heterocycles. The van der Waals surface area contributed by atoms with Crippen LogP contribution in [0.2, 0.25) is 0 Å². The normalized spacial score (nSPS) is 16.8.